The number of fused-ring (bicyclic) bond motifs is 1. The quantitative estimate of drug-likeness (QED) is 0.733. The van der Waals surface area contributed by atoms with Crippen LogP contribution in [0.25, 0.3) is 6.08 Å². The molecule has 0 atom stereocenters. The molecule has 1 heterocycles. The second kappa shape index (κ2) is 6.54. The summed E-state index contributed by atoms with van der Waals surface area (Å²) in [4.78, 5) is 11.9. The number of hydrogen-bond donors (Lipinski definition) is 1. The van der Waals surface area contributed by atoms with Gasteiger partial charge in [0, 0.05) is 20.7 Å². The lowest BCUT2D eigenvalue weighted by Crippen LogP contribution is -2.07. The Bertz CT molecular complexity index is 759. The highest BCUT2D eigenvalue weighted by molar-refractivity contribution is 9.13. The molecule has 0 bridgehead atoms. The average molecular weight is 425 g/mol. The molecule has 2 aromatic carbocycles. The van der Waals surface area contributed by atoms with Crippen LogP contribution in [0.15, 0.2) is 51.4 Å². The van der Waals surface area contributed by atoms with E-state index in [-0.39, 0.29) is 12.7 Å². The Hall–Kier alpha value is -1.79. The molecule has 6 heteroatoms. The van der Waals surface area contributed by atoms with E-state index in [1.165, 1.54) is 6.08 Å². The molecule has 0 spiro atoms. The first-order valence-electron chi connectivity index (χ1n) is 6.45. The smallest absolute Gasteiger partial charge is 0.248 e. The van der Waals surface area contributed by atoms with Gasteiger partial charge in [0.2, 0.25) is 12.7 Å². The maximum Gasteiger partial charge on any atom is 0.248 e. The van der Waals surface area contributed by atoms with E-state index in [1.54, 1.807) is 6.08 Å². The van der Waals surface area contributed by atoms with Crippen LogP contribution >= 0.6 is 31.9 Å². The van der Waals surface area contributed by atoms with Crippen LogP contribution in [-0.2, 0) is 4.79 Å². The third-order valence-electron chi connectivity index (χ3n) is 3.01. The monoisotopic (exact) mass is 423 g/mol. The van der Waals surface area contributed by atoms with Crippen LogP contribution in [0, 0.1) is 0 Å². The summed E-state index contributed by atoms with van der Waals surface area (Å²) >= 11 is 6.78. The van der Waals surface area contributed by atoms with Gasteiger partial charge in [-0.15, -0.1) is 0 Å². The van der Waals surface area contributed by atoms with Gasteiger partial charge in [-0.3, -0.25) is 4.79 Å². The van der Waals surface area contributed by atoms with E-state index in [0.29, 0.717) is 5.75 Å². The number of benzene rings is 2. The Balaban J connectivity index is 1.67. The minimum atomic E-state index is -0.202. The van der Waals surface area contributed by atoms with Crippen LogP contribution in [0.2, 0.25) is 0 Å². The van der Waals surface area contributed by atoms with Gasteiger partial charge in [0.25, 0.3) is 0 Å². The summed E-state index contributed by atoms with van der Waals surface area (Å²) in [6, 6.07) is 11.0. The Morgan fingerprint density at radius 2 is 1.86 bits per heavy atom. The van der Waals surface area contributed by atoms with Crippen molar-refractivity contribution < 1.29 is 14.3 Å². The van der Waals surface area contributed by atoms with Crippen molar-refractivity contribution in [3.8, 4) is 11.5 Å². The highest BCUT2D eigenvalue weighted by Gasteiger charge is 2.12. The molecule has 0 radical (unpaired) electrons. The van der Waals surface area contributed by atoms with Gasteiger partial charge in [-0.2, -0.15) is 0 Å². The molecular formula is C16H11Br2NO3. The van der Waals surface area contributed by atoms with E-state index >= 15 is 0 Å². The van der Waals surface area contributed by atoms with E-state index in [2.05, 4.69) is 37.2 Å². The standard InChI is InChI=1S/C16H11Br2NO3/c17-12-4-3-11(8-13(12)18)19-16(20)6-2-10-1-5-14-15(7-10)22-9-21-14/h1-8H,9H2,(H,19,20). The number of nitrogens with one attached hydrogen (secondary N) is 1. The van der Waals surface area contributed by atoms with Crippen molar-refractivity contribution in [1.82, 2.24) is 0 Å². The van der Waals surface area contributed by atoms with Crippen molar-refractivity contribution >= 4 is 49.5 Å². The molecule has 1 N–H and O–H groups in total. The molecule has 0 aromatic heterocycles. The summed E-state index contributed by atoms with van der Waals surface area (Å²) in [6.45, 7) is 0.238. The fourth-order valence-electron chi connectivity index (χ4n) is 1.95. The largest absolute Gasteiger partial charge is 0.454 e. The van der Waals surface area contributed by atoms with Gasteiger partial charge in [-0.1, -0.05) is 6.07 Å². The van der Waals surface area contributed by atoms with Crippen molar-refractivity contribution in [2.24, 2.45) is 0 Å². The number of anilines is 1. The molecule has 3 rings (SSSR count). The van der Waals surface area contributed by atoms with Gasteiger partial charge in [0.1, 0.15) is 0 Å². The number of halogens is 2. The first kappa shape index (κ1) is 15.1. The van der Waals surface area contributed by atoms with E-state index in [9.17, 15) is 4.79 Å². The maximum absolute atomic E-state index is 11.9. The summed E-state index contributed by atoms with van der Waals surface area (Å²) in [7, 11) is 0. The molecule has 1 aliphatic rings. The topological polar surface area (TPSA) is 47.6 Å². The van der Waals surface area contributed by atoms with Gasteiger partial charge >= 0.3 is 0 Å². The van der Waals surface area contributed by atoms with E-state index in [0.717, 1.165) is 25.9 Å². The van der Waals surface area contributed by atoms with E-state index < -0.39 is 0 Å². The summed E-state index contributed by atoms with van der Waals surface area (Å²) in [5, 5.41) is 2.80. The number of carbonyl (C=O) groups is 1. The van der Waals surface area contributed by atoms with Crippen molar-refractivity contribution in [1.29, 1.82) is 0 Å². The molecule has 112 valence electrons. The zero-order valence-corrected chi connectivity index (χ0v) is 14.5. The number of ether oxygens (including phenoxy) is 2. The normalized spacial score (nSPS) is 12.6. The third kappa shape index (κ3) is 3.51. The highest BCUT2D eigenvalue weighted by atomic mass is 79.9. The summed E-state index contributed by atoms with van der Waals surface area (Å²) in [5.41, 5.74) is 1.59. The molecule has 0 unspecified atom stereocenters. The van der Waals surface area contributed by atoms with Gasteiger partial charge in [-0.05, 0) is 73.8 Å². The summed E-state index contributed by atoms with van der Waals surface area (Å²) < 4.78 is 12.4. The highest BCUT2D eigenvalue weighted by Crippen LogP contribution is 2.32. The molecule has 2 aromatic rings. The Kier molecular flexibility index (Phi) is 4.49. The number of hydrogen-bond acceptors (Lipinski definition) is 3. The lowest BCUT2D eigenvalue weighted by molar-refractivity contribution is -0.111. The second-order valence-corrected chi connectivity index (χ2v) is 6.27. The van der Waals surface area contributed by atoms with Crippen LogP contribution in [-0.4, -0.2) is 12.7 Å². The Morgan fingerprint density at radius 3 is 2.68 bits per heavy atom. The molecular weight excluding hydrogens is 414 g/mol. The number of rotatable bonds is 3. The minimum Gasteiger partial charge on any atom is -0.454 e. The average Bonchev–Trinajstić information content (AvgIpc) is 2.96. The zero-order valence-electron chi connectivity index (χ0n) is 11.3. The SMILES string of the molecule is O=C(C=Cc1ccc2c(c1)OCO2)Nc1ccc(Br)c(Br)c1. The van der Waals surface area contributed by atoms with Crippen molar-refractivity contribution in [3.05, 3.63) is 57.0 Å². The second-order valence-electron chi connectivity index (χ2n) is 4.56. The summed E-state index contributed by atoms with van der Waals surface area (Å²) in [6.07, 6.45) is 3.21. The molecule has 0 saturated carbocycles. The predicted octanol–water partition coefficient (Wildman–Crippen LogP) is 4.59. The van der Waals surface area contributed by atoms with Gasteiger partial charge in [0.15, 0.2) is 11.5 Å². The fraction of sp³-hybridized carbons (Fsp3) is 0.0625. The van der Waals surface area contributed by atoms with Crippen molar-refractivity contribution in [2.45, 2.75) is 0 Å². The summed E-state index contributed by atoms with van der Waals surface area (Å²) in [5.74, 6) is 1.22. The first-order valence-corrected chi connectivity index (χ1v) is 8.04. The van der Waals surface area contributed by atoms with Crippen molar-refractivity contribution in [3.63, 3.8) is 0 Å². The van der Waals surface area contributed by atoms with Crippen LogP contribution in [0.1, 0.15) is 5.56 Å². The molecule has 0 saturated heterocycles. The maximum atomic E-state index is 11.9. The Labute approximate surface area is 144 Å². The minimum absolute atomic E-state index is 0.202. The van der Waals surface area contributed by atoms with Crippen LogP contribution in [0.5, 0.6) is 11.5 Å². The molecule has 4 nitrogen and oxygen atoms in total. The molecule has 0 fully saturated rings. The van der Waals surface area contributed by atoms with Crippen LogP contribution in [0.4, 0.5) is 5.69 Å². The Morgan fingerprint density at radius 1 is 1.05 bits per heavy atom. The van der Waals surface area contributed by atoms with E-state index in [1.807, 2.05) is 36.4 Å². The van der Waals surface area contributed by atoms with Gasteiger partial charge in [-0.25, -0.2) is 0 Å². The fourth-order valence-corrected chi connectivity index (χ4v) is 2.57. The van der Waals surface area contributed by atoms with Gasteiger partial charge < -0.3 is 14.8 Å². The molecule has 1 aliphatic heterocycles. The predicted molar refractivity (Wildman–Crippen MR) is 92.1 cm³/mol. The molecule has 1 amide bonds. The van der Waals surface area contributed by atoms with Crippen LogP contribution < -0.4 is 14.8 Å². The molecule has 22 heavy (non-hydrogen) atoms. The third-order valence-corrected chi connectivity index (χ3v) is 4.89. The lowest BCUT2D eigenvalue weighted by Gasteiger charge is -2.04. The first-order chi connectivity index (χ1) is 10.6. The number of amides is 1. The lowest BCUT2D eigenvalue weighted by atomic mass is 10.2. The van der Waals surface area contributed by atoms with Crippen LogP contribution in [0.3, 0.4) is 0 Å². The van der Waals surface area contributed by atoms with Gasteiger partial charge in [0.05, 0.1) is 0 Å². The number of carbonyl (C=O) groups excluding carboxylic acids is 1. The van der Waals surface area contributed by atoms with Crippen molar-refractivity contribution in [2.75, 3.05) is 12.1 Å². The van der Waals surface area contributed by atoms with E-state index in [4.69, 9.17) is 9.47 Å². The molecule has 0 aliphatic carbocycles. The zero-order chi connectivity index (χ0) is 15.5.